The van der Waals surface area contributed by atoms with Gasteiger partial charge in [0.25, 0.3) is 0 Å². The number of hydrogen-bond acceptors (Lipinski definition) is 1. The number of rotatable bonds is 6. The van der Waals surface area contributed by atoms with Crippen molar-refractivity contribution in [1.82, 2.24) is 0 Å². The number of nitrogens with zero attached hydrogens (tertiary/aromatic N) is 1. The quantitative estimate of drug-likeness (QED) is 0.157. The van der Waals surface area contributed by atoms with Crippen LogP contribution in [-0.2, 0) is 5.41 Å². The van der Waals surface area contributed by atoms with Crippen molar-refractivity contribution in [3.8, 4) is 44.5 Å². The minimum atomic E-state index is -0.195. The predicted molar refractivity (Wildman–Crippen MR) is 230 cm³/mol. The summed E-state index contributed by atoms with van der Waals surface area (Å²) in [5, 5.41) is 5.08. The van der Waals surface area contributed by atoms with Gasteiger partial charge in [0.1, 0.15) is 0 Å². The summed E-state index contributed by atoms with van der Waals surface area (Å²) in [5.41, 5.74) is 16.1. The zero-order valence-corrected chi connectivity index (χ0v) is 30.5. The van der Waals surface area contributed by atoms with Crippen molar-refractivity contribution >= 4 is 38.6 Å². The monoisotopic (exact) mass is 689 g/mol. The average molecular weight is 690 g/mol. The minimum Gasteiger partial charge on any atom is -0.310 e. The maximum atomic E-state index is 2.48. The summed E-state index contributed by atoms with van der Waals surface area (Å²) in [6, 6.07) is 73.2. The summed E-state index contributed by atoms with van der Waals surface area (Å²) >= 11 is 0. The summed E-state index contributed by atoms with van der Waals surface area (Å²) in [7, 11) is 0. The van der Waals surface area contributed by atoms with Crippen molar-refractivity contribution in [1.29, 1.82) is 0 Å². The number of fused-ring (bicyclic) bond motifs is 5. The van der Waals surface area contributed by atoms with Gasteiger partial charge in [0, 0.05) is 22.5 Å². The molecular formula is C53H39N. The van der Waals surface area contributed by atoms with Gasteiger partial charge in [-0.25, -0.2) is 0 Å². The van der Waals surface area contributed by atoms with Crippen LogP contribution in [0.15, 0.2) is 200 Å². The van der Waals surface area contributed by atoms with Crippen LogP contribution in [0, 0.1) is 0 Å². The predicted octanol–water partition coefficient (Wildman–Crippen LogP) is 14.8. The van der Waals surface area contributed by atoms with Crippen LogP contribution < -0.4 is 4.90 Å². The van der Waals surface area contributed by atoms with E-state index in [1.807, 2.05) is 0 Å². The van der Waals surface area contributed by atoms with E-state index in [1.165, 1.54) is 77.2 Å². The van der Waals surface area contributed by atoms with E-state index in [1.54, 1.807) is 0 Å². The number of para-hydroxylation sites is 2. The third-order valence-electron chi connectivity index (χ3n) is 11.4. The molecular weight excluding hydrogens is 651 g/mol. The van der Waals surface area contributed by atoms with Crippen molar-refractivity contribution in [2.75, 3.05) is 4.90 Å². The van der Waals surface area contributed by atoms with E-state index < -0.39 is 0 Å². The Kier molecular flexibility index (Phi) is 7.56. The Balaban J connectivity index is 1.13. The first-order valence-corrected chi connectivity index (χ1v) is 18.9. The Labute approximate surface area is 317 Å². The highest BCUT2D eigenvalue weighted by molar-refractivity contribution is 6.21. The van der Waals surface area contributed by atoms with Crippen LogP contribution in [0.25, 0.3) is 66.1 Å². The van der Waals surface area contributed by atoms with Crippen LogP contribution in [0.3, 0.4) is 0 Å². The maximum absolute atomic E-state index is 2.48. The molecule has 0 fully saturated rings. The lowest BCUT2D eigenvalue weighted by atomic mass is 9.80. The lowest BCUT2D eigenvalue weighted by molar-refractivity contribution is 0.660. The fraction of sp³-hybridized carbons (Fsp3) is 0.0566. The molecule has 0 aliphatic heterocycles. The topological polar surface area (TPSA) is 3.24 Å². The van der Waals surface area contributed by atoms with Crippen molar-refractivity contribution in [3.63, 3.8) is 0 Å². The Morgan fingerprint density at radius 3 is 1.30 bits per heavy atom. The standard InChI is InChI=1S/C53H39N/c1-53(2)49-34-39(29-31-43(49)44-32-30-42(35-50(44)53)54(40-21-8-4-9-22-40)41-23-10-5-11-24-41)52-47-27-14-12-25-45(47)51(46-26-13-15-28-48(46)52)38-20-16-19-37(33-38)36-17-6-3-7-18-36/h3-35H,1-2H3. The van der Waals surface area contributed by atoms with E-state index in [2.05, 4.69) is 219 Å². The summed E-state index contributed by atoms with van der Waals surface area (Å²) in [5.74, 6) is 0. The van der Waals surface area contributed by atoms with Crippen molar-refractivity contribution in [3.05, 3.63) is 211 Å². The molecule has 0 amide bonds. The highest BCUT2D eigenvalue weighted by atomic mass is 15.1. The van der Waals surface area contributed by atoms with Crippen molar-refractivity contribution < 1.29 is 0 Å². The highest BCUT2D eigenvalue weighted by Crippen LogP contribution is 2.53. The van der Waals surface area contributed by atoms with E-state index >= 15 is 0 Å². The van der Waals surface area contributed by atoms with Crippen LogP contribution in [0.5, 0.6) is 0 Å². The van der Waals surface area contributed by atoms with Gasteiger partial charge in [-0.2, -0.15) is 0 Å². The van der Waals surface area contributed by atoms with Gasteiger partial charge in [-0.1, -0.05) is 166 Å². The molecule has 0 saturated carbocycles. The lowest BCUT2D eigenvalue weighted by Crippen LogP contribution is -2.16. The highest BCUT2D eigenvalue weighted by Gasteiger charge is 2.36. The van der Waals surface area contributed by atoms with E-state index in [4.69, 9.17) is 0 Å². The smallest absolute Gasteiger partial charge is 0.0465 e. The van der Waals surface area contributed by atoms with Crippen LogP contribution in [-0.4, -0.2) is 0 Å². The Morgan fingerprint density at radius 1 is 0.315 bits per heavy atom. The zero-order valence-electron chi connectivity index (χ0n) is 30.5. The normalized spacial score (nSPS) is 12.8. The van der Waals surface area contributed by atoms with Gasteiger partial charge in [0.15, 0.2) is 0 Å². The van der Waals surface area contributed by atoms with E-state index in [-0.39, 0.29) is 5.41 Å². The molecule has 0 heterocycles. The molecule has 1 aliphatic carbocycles. The Hall–Kier alpha value is -6.70. The fourth-order valence-electron chi connectivity index (χ4n) is 8.86. The first-order chi connectivity index (χ1) is 26.6. The second kappa shape index (κ2) is 12.8. The molecule has 1 heteroatoms. The largest absolute Gasteiger partial charge is 0.310 e. The first kappa shape index (κ1) is 32.0. The second-order valence-corrected chi connectivity index (χ2v) is 14.9. The van der Waals surface area contributed by atoms with Crippen LogP contribution in [0.4, 0.5) is 17.1 Å². The van der Waals surface area contributed by atoms with Gasteiger partial charge in [-0.05, 0) is 126 Å². The molecule has 0 spiro atoms. The first-order valence-electron chi connectivity index (χ1n) is 18.9. The molecule has 0 radical (unpaired) electrons. The third-order valence-corrected chi connectivity index (χ3v) is 11.4. The molecule has 0 aromatic heterocycles. The van der Waals surface area contributed by atoms with Crippen LogP contribution >= 0.6 is 0 Å². The molecule has 0 bridgehead atoms. The van der Waals surface area contributed by atoms with E-state index in [9.17, 15) is 0 Å². The van der Waals surface area contributed by atoms with Gasteiger partial charge < -0.3 is 4.90 Å². The number of benzene rings is 9. The molecule has 1 aliphatic rings. The molecule has 0 saturated heterocycles. The zero-order chi connectivity index (χ0) is 36.2. The Morgan fingerprint density at radius 2 is 0.741 bits per heavy atom. The fourth-order valence-corrected chi connectivity index (χ4v) is 8.86. The van der Waals surface area contributed by atoms with Crippen molar-refractivity contribution in [2.45, 2.75) is 19.3 Å². The minimum absolute atomic E-state index is 0.195. The Bertz CT molecular complexity index is 2740. The van der Waals surface area contributed by atoms with Gasteiger partial charge in [-0.3, -0.25) is 0 Å². The summed E-state index contributed by atoms with van der Waals surface area (Å²) < 4.78 is 0. The molecule has 54 heavy (non-hydrogen) atoms. The lowest BCUT2D eigenvalue weighted by Gasteiger charge is -2.28. The summed E-state index contributed by atoms with van der Waals surface area (Å²) in [6.45, 7) is 4.78. The molecule has 256 valence electrons. The third kappa shape index (κ3) is 5.16. The van der Waals surface area contributed by atoms with Gasteiger partial charge in [-0.15, -0.1) is 0 Å². The molecule has 9 aromatic carbocycles. The van der Waals surface area contributed by atoms with Gasteiger partial charge in [0.05, 0.1) is 0 Å². The van der Waals surface area contributed by atoms with Gasteiger partial charge in [0.2, 0.25) is 0 Å². The SMILES string of the molecule is CC1(C)c2cc(-c3c4ccccc4c(-c4cccc(-c5ccccc5)c4)c4ccccc34)ccc2-c2ccc(N(c3ccccc3)c3ccccc3)cc21. The van der Waals surface area contributed by atoms with Crippen molar-refractivity contribution in [2.24, 2.45) is 0 Å². The molecule has 0 N–H and O–H groups in total. The second-order valence-electron chi connectivity index (χ2n) is 14.9. The van der Waals surface area contributed by atoms with Crippen LogP contribution in [0.1, 0.15) is 25.0 Å². The van der Waals surface area contributed by atoms with E-state index in [0.29, 0.717) is 0 Å². The molecule has 1 nitrogen and oxygen atoms in total. The molecule has 9 aromatic rings. The average Bonchev–Trinajstić information content (AvgIpc) is 3.46. The molecule has 10 rings (SSSR count). The maximum Gasteiger partial charge on any atom is 0.0465 e. The van der Waals surface area contributed by atoms with E-state index in [0.717, 1.165) is 17.1 Å². The van der Waals surface area contributed by atoms with Crippen LogP contribution in [0.2, 0.25) is 0 Å². The number of anilines is 3. The van der Waals surface area contributed by atoms with Gasteiger partial charge >= 0.3 is 0 Å². The molecule has 0 atom stereocenters. The summed E-state index contributed by atoms with van der Waals surface area (Å²) in [4.78, 5) is 2.36. The number of hydrogen-bond donors (Lipinski definition) is 0. The summed E-state index contributed by atoms with van der Waals surface area (Å²) in [6.07, 6.45) is 0. The molecule has 0 unspecified atom stereocenters.